The van der Waals surface area contributed by atoms with Crippen LogP contribution in [0, 0.1) is 0 Å². The van der Waals surface area contributed by atoms with Crippen molar-refractivity contribution in [1.82, 2.24) is 3.82 Å². The third-order valence-electron chi connectivity index (χ3n) is 0.868. The highest BCUT2D eigenvalue weighted by atomic mass is 35.5. The normalized spacial score (nSPS) is 23.2. The van der Waals surface area contributed by atoms with E-state index in [2.05, 4.69) is 0 Å². The summed E-state index contributed by atoms with van der Waals surface area (Å²) in [4.78, 5) is 10.5. The number of rotatable bonds is 0. The zero-order valence-corrected chi connectivity index (χ0v) is 6.74. The smallest absolute Gasteiger partial charge is 0.267 e. The first kappa shape index (κ1) is 7.84. The highest BCUT2D eigenvalue weighted by Gasteiger charge is 2.35. The standard InChI is InChI=1S/C3HCl2NO3S/c4-2-1-3(7)6(5)10(2,8)9/h1H. The molecule has 4 nitrogen and oxygen atoms in total. The van der Waals surface area contributed by atoms with Gasteiger partial charge in [0, 0.05) is 17.9 Å². The Morgan fingerprint density at radius 1 is 1.50 bits per heavy atom. The molecule has 56 valence electrons. The first-order valence-electron chi connectivity index (χ1n) is 2.08. The Morgan fingerprint density at radius 3 is 2.10 bits per heavy atom. The van der Waals surface area contributed by atoms with Crippen molar-refractivity contribution in [2.45, 2.75) is 0 Å². The Labute approximate surface area is 67.2 Å². The van der Waals surface area contributed by atoms with Crippen LogP contribution in [0.15, 0.2) is 10.4 Å². The summed E-state index contributed by atoms with van der Waals surface area (Å²) in [6, 6.07) is 0. The number of carbonyl (C=O) groups excluding carboxylic acids is 1. The molecule has 0 unspecified atom stereocenters. The minimum Gasteiger partial charge on any atom is -0.267 e. The van der Waals surface area contributed by atoms with E-state index in [1.165, 1.54) is 0 Å². The van der Waals surface area contributed by atoms with Crippen LogP contribution in [-0.4, -0.2) is 18.1 Å². The summed E-state index contributed by atoms with van der Waals surface area (Å²) >= 11 is 10.1. The molecule has 0 fully saturated rings. The van der Waals surface area contributed by atoms with Gasteiger partial charge in [-0.3, -0.25) is 4.79 Å². The predicted octanol–water partition coefficient (Wildman–Crippen LogP) is 0.392. The number of hydrogen-bond acceptors (Lipinski definition) is 3. The van der Waals surface area contributed by atoms with E-state index in [9.17, 15) is 13.2 Å². The van der Waals surface area contributed by atoms with Gasteiger partial charge in [0.05, 0.1) is 0 Å². The Morgan fingerprint density at radius 2 is 2.00 bits per heavy atom. The number of amides is 1. The van der Waals surface area contributed by atoms with E-state index in [-0.39, 0.29) is 3.82 Å². The lowest BCUT2D eigenvalue weighted by Crippen LogP contribution is -2.19. The number of sulfonamides is 1. The van der Waals surface area contributed by atoms with Crippen LogP contribution in [0.5, 0.6) is 0 Å². The van der Waals surface area contributed by atoms with E-state index in [1.54, 1.807) is 0 Å². The molecule has 7 heteroatoms. The Balaban J connectivity index is 3.26. The van der Waals surface area contributed by atoms with Crippen molar-refractivity contribution in [2.24, 2.45) is 0 Å². The van der Waals surface area contributed by atoms with Crippen LogP contribution in [0.1, 0.15) is 0 Å². The van der Waals surface area contributed by atoms with Gasteiger partial charge in [0.1, 0.15) is 0 Å². The van der Waals surface area contributed by atoms with Crippen LogP contribution in [0.2, 0.25) is 0 Å². The number of hydrogen-bond donors (Lipinski definition) is 0. The molecule has 1 heterocycles. The van der Waals surface area contributed by atoms with Crippen molar-refractivity contribution in [1.29, 1.82) is 0 Å². The summed E-state index contributed by atoms with van der Waals surface area (Å²) in [5.41, 5.74) is 0. The number of halogens is 2. The van der Waals surface area contributed by atoms with E-state index in [1.807, 2.05) is 0 Å². The van der Waals surface area contributed by atoms with Crippen molar-refractivity contribution in [2.75, 3.05) is 0 Å². The predicted molar refractivity (Wildman–Crippen MR) is 35.6 cm³/mol. The Bertz CT molecular complexity index is 306. The second kappa shape index (κ2) is 2.11. The van der Waals surface area contributed by atoms with Gasteiger partial charge in [-0.25, -0.2) is 0 Å². The van der Waals surface area contributed by atoms with Crippen molar-refractivity contribution < 1.29 is 13.2 Å². The average Bonchev–Trinajstić information content (AvgIpc) is 1.97. The van der Waals surface area contributed by atoms with Gasteiger partial charge < -0.3 is 0 Å². The molecule has 10 heavy (non-hydrogen) atoms. The summed E-state index contributed by atoms with van der Waals surface area (Å²) in [7, 11) is -3.88. The van der Waals surface area contributed by atoms with E-state index < -0.39 is 20.3 Å². The fraction of sp³-hybridized carbons (Fsp3) is 0. The lowest BCUT2D eigenvalue weighted by molar-refractivity contribution is -0.118. The minimum absolute atomic E-state index is 0.0648. The SMILES string of the molecule is O=C1C=C(Cl)S(=O)(=O)N1Cl. The van der Waals surface area contributed by atoms with E-state index >= 15 is 0 Å². The van der Waals surface area contributed by atoms with Crippen LogP contribution in [0.4, 0.5) is 0 Å². The molecule has 0 N–H and O–H groups in total. The Hall–Kier alpha value is -0.260. The summed E-state index contributed by atoms with van der Waals surface area (Å²) in [6.45, 7) is 0. The van der Waals surface area contributed by atoms with Crippen LogP contribution < -0.4 is 0 Å². The minimum atomic E-state index is -3.88. The highest BCUT2D eigenvalue weighted by molar-refractivity contribution is 7.96. The van der Waals surface area contributed by atoms with Gasteiger partial charge in [0.2, 0.25) is 0 Å². The molecular weight excluding hydrogens is 201 g/mol. The second-order valence-corrected chi connectivity index (χ2v) is 4.43. The topological polar surface area (TPSA) is 54.5 Å². The van der Waals surface area contributed by atoms with Crippen molar-refractivity contribution in [3.8, 4) is 0 Å². The van der Waals surface area contributed by atoms with Crippen molar-refractivity contribution in [3.05, 3.63) is 10.4 Å². The summed E-state index contributed by atoms with van der Waals surface area (Å²) in [6.07, 6.45) is 0.740. The molecule has 1 aliphatic heterocycles. The quantitative estimate of drug-likeness (QED) is 0.534. The van der Waals surface area contributed by atoms with Gasteiger partial charge in [0.25, 0.3) is 15.9 Å². The molecule has 0 saturated heterocycles. The lowest BCUT2D eigenvalue weighted by Gasteiger charge is -2.01. The fourth-order valence-electron chi connectivity index (χ4n) is 0.417. The molecule has 0 bridgehead atoms. The maximum absolute atomic E-state index is 10.7. The average molecular weight is 202 g/mol. The molecule has 1 aliphatic rings. The highest BCUT2D eigenvalue weighted by Crippen LogP contribution is 2.25. The van der Waals surface area contributed by atoms with Crippen LogP contribution >= 0.6 is 23.4 Å². The van der Waals surface area contributed by atoms with Gasteiger partial charge in [-0.2, -0.15) is 8.42 Å². The van der Waals surface area contributed by atoms with Crippen LogP contribution in [-0.2, 0) is 14.8 Å². The second-order valence-electron chi connectivity index (χ2n) is 1.51. The van der Waals surface area contributed by atoms with Gasteiger partial charge in [0.15, 0.2) is 4.36 Å². The van der Waals surface area contributed by atoms with Crippen LogP contribution in [0.25, 0.3) is 0 Å². The Kier molecular flexibility index (Phi) is 1.66. The molecule has 0 saturated carbocycles. The van der Waals surface area contributed by atoms with Gasteiger partial charge in [-0.15, -0.1) is 3.82 Å². The first-order valence-corrected chi connectivity index (χ1v) is 4.24. The molecular formula is C3HCl2NO3S. The van der Waals surface area contributed by atoms with Crippen LogP contribution in [0.3, 0.4) is 0 Å². The van der Waals surface area contributed by atoms with Gasteiger partial charge in [-0.1, -0.05) is 11.6 Å². The maximum Gasteiger partial charge on any atom is 0.291 e. The van der Waals surface area contributed by atoms with E-state index in [4.69, 9.17) is 23.4 Å². The maximum atomic E-state index is 10.7. The molecule has 0 atom stereocenters. The third-order valence-corrected chi connectivity index (χ3v) is 3.49. The first-order chi connectivity index (χ1) is 4.46. The monoisotopic (exact) mass is 201 g/mol. The number of carbonyl (C=O) groups is 1. The molecule has 0 aromatic heterocycles. The molecule has 0 radical (unpaired) electrons. The zero-order valence-electron chi connectivity index (χ0n) is 4.41. The summed E-state index contributed by atoms with van der Waals surface area (Å²) in [5, 5.41) is 0. The van der Waals surface area contributed by atoms with Gasteiger partial charge >= 0.3 is 0 Å². The van der Waals surface area contributed by atoms with Crippen molar-refractivity contribution >= 4 is 39.3 Å². The van der Waals surface area contributed by atoms with Crippen molar-refractivity contribution in [3.63, 3.8) is 0 Å². The molecule has 0 aliphatic carbocycles. The van der Waals surface area contributed by atoms with E-state index in [0.29, 0.717) is 0 Å². The lowest BCUT2D eigenvalue weighted by atomic mass is 10.6. The van der Waals surface area contributed by atoms with Gasteiger partial charge in [-0.05, 0) is 0 Å². The molecule has 1 rings (SSSR count). The molecule has 1 amide bonds. The fourth-order valence-corrected chi connectivity index (χ4v) is 1.79. The third kappa shape index (κ3) is 0.902. The number of nitrogens with zero attached hydrogens (tertiary/aromatic N) is 1. The molecule has 0 spiro atoms. The summed E-state index contributed by atoms with van der Waals surface area (Å²) < 4.78 is 20.9. The zero-order chi connectivity index (χ0) is 7.94. The molecule has 0 aromatic rings. The summed E-state index contributed by atoms with van der Waals surface area (Å²) in [5.74, 6) is -0.841. The van der Waals surface area contributed by atoms with E-state index in [0.717, 1.165) is 6.08 Å². The largest absolute Gasteiger partial charge is 0.291 e. The molecule has 0 aromatic carbocycles.